The minimum absolute atomic E-state index is 0.0465. The van der Waals surface area contributed by atoms with E-state index < -0.39 is 23.6 Å². The van der Waals surface area contributed by atoms with Gasteiger partial charge in [-0.3, -0.25) is 14.2 Å². The summed E-state index contributed by atoms with van der Waals surface area (Å²) in [6, 6.07) is 5.48. The number of halogens is 5. The van der Waals surface area contributed by atoms with Crippen LogP contribution in [0.3, 0.4) is 0 Å². The second kappa shape index (κ2) is 7.40. The molecule has 30 heavy (non-hydrogen) atoms. The minimum Gasteiger partial charge on any atom is -0.319 e. The SMILES string of the molecule is Cn1nc(C(F)(F)F)c2cc(C(=O)Nc3cnn(Cc4c(F)cccc4Cl)c3)sc21. The quantitative estimate of drug-likeness (QED) is 0.441. The molecule has 0 spiro atoms. The van der Waals surface area contributed by atoms with Crippen molar-refractivity contribution in [3.63, 3.8) is 0 Å². The number of thiophene rings is 1. The molecule has 0 unspecified atom stereocenters. The Hall–Kier alpha value is -2.92. The standard InChI is InChI=1S/C18H12ClF4N5OS/c1-27-17-10(15(26-27)18(21,22)23)5-14(30-17)16(29)25-9-6-24-28(7-9)8-11-12(19)3-2-4-13(11)20/h2-7H,8H2,1H3,(H,25,29). The molecule has 1 aromatic carbocycles. The molecular formula is C18H12ClF4N5OS. The number of fused-ring (bicyclic) bond motifs is 1. The van der Waals surface area contributed by atoms with Gasteiger partial charge in [-0.05, 0) is 18.2 Å². The Morgan fingerprint density at radius 3 is 2.80 bits per heavy atom. The maximum atomic E-state index is 13.9. The van der Waals surface area contributed by atoms with Gasteiger partial charge < -0.3 is 5.32 Å². The molecule has 156 valence electrons. The highest BCUT2D eigenvalue weighted by Crippen LogP contribution is 2.37. The first-order valence-electron chi connectivity index (χ1n) is 8.44. The summed E-state index contributed by atoms with van der Waals surface area (Å²) < 4.78 is 55.7. The zero-order valence-electron chi connectivity index (χ0n) is 15.2. The molecule has 6 nitrogen and oxygen atoms in total. The number of aryl methyl sites for hydroxylation is 1. The van der Waals surface area contributed by atoms with Crippen molar-refractivity contribution < 1.29 is 22.4 Å². The fourth-order valence-electron chi connectivity index (χ4n) is 2.91. The first kappa shape index (κ1) is 20.4. The molecule has 1 amide bonds. The first-order chi connectivity index (χ1) is 14.1. The molecule has 0 radical (unpaired) electrons. The molecule has 0 fully saturated rings. The summed E-state index contributed by atoms with van der Waals surface area (Å²) in [6.07, 6.45) is -1.80. The molecule has 0 aliphatic carbocycles. The number of hydrogen-bond acceptors (Lipinski definition) is 4. The third-order valence-corrected chi connectivity index (χ3v) is 5.83. The molecule has 0 bridgehead atoms. The van der Waals surface area contributed by atoms with Gasteiger partial charge in [0.2, 0.25) is 0 Å². The van der Waals surface area contributed by atoms with Crippen LogP contribution in [-0.4, -0.2) is 25.5 Å². The van der Waals surface area contributed by atoms with Gasteiger partial charge in [0, 0.05) is 29.2 Å². The zero-order chi connectivity index (χ0) is 21.6. The Kier molecular flexibility index (Phi) is 5.02. The molecule has 0 saturated heterocycles. The summed E-state index contributed by atoms with van der Waals surface area (Å²) >= 11 is 6.90. The van der Waals surface area contributed by atoms with Crippen LogP contribution in [0.4, 0.5) is 23.2 Å². The van der Waals surface area contributed by atoms with Gasteiger partial charge in [0.25, 0.3) is 5.91 Å². The van der Waals surface area contributed by atoms with Crippen molar-refractivity contribution >= 4 is 44.7 Å². The topological polar surface area (TPSA) is 64.7 Å². The summed E-state index contributed by atoms with van der Waals surface area (Å²) in [5, 5.41) is 10.2. The van der Waals surface area contributed by atoms with Crippen LogP contribution in [0.15, 0.2) is 36.7 Å². The number of aromatic nitrogens is 4. The lowest BCUT2D eigenvalue weighted by Gasteiger charge is -2.05. The van der Waals surface area contributed by atoms with E-state index in [1.165, 1.54) is 36.3 Å². The number of benzene rings is 1. The zero-order valence-corrected chi connectivity index (χ0v) is 16.7. The molecular weight excluding hydrogens is 446 g/mol. The number of rotatable bonds is 4. The average Bonchev–Trinajstić information content (AvgIpc) is 3.35. The fraction of sp³-hybridized carbons (Fsp3) is 0.167. The molecule has 3 heterocycles. The van der Waals surface area contributed by atoms with Crippen molar-refractivity contribution in [1.29, 1.82) is 0 Å². The Labute approximate surface area is 175 Å². The number of hydrogen-bond donors (Lipinski definition) is 1. The van der Waals surface area contributed by atoms with Gasteiger partial charge in [0.05, 0.1) is 23.3 Å². The number of carbonyl (C=O) groups excluding carboxylic acids is 1. The molecule has 3 aromatic heterocycles. The molecule has 0 atom stereocenters. The van der Waals surface area contributed by atoms with Crippen molar-refractivity contribution in [2.75, 3.05) is 5.32 Å². The Balaban J connectivity index is 1.54. The van der Waals surface area contributed by atoms with Gasteiger partial charge in [0.1, 0.15) is 10.6 Å². The summed E-state index contributed by atoms with van der Waals surface area (Å²) in [6.45, 7) is 0.0465. The van der Waals surface area contributed by atoms with Gasteiger partial charge >= 0.3 is 6.18 Å². The number of nitrogens with zero attached hydrogens (tertiary/aromatic N) is 4. The average molecular weight is 458 g/mol. The van der Waals surface area contributed by atoms with E-state index in [2.05, 4.69) is 15.5 Å². The van der Waals surface area contributed by atoms with Crippen LogP contribution in [-0.2, 0) is 19.8 Å². The van der Waals surface area contributed by atoms with Crippen LogP contribution in [0.25, 0.3) is 10.2 Å². The highest BCUT2D eigenvalue weighted by atomic mass is 35.5. The van der Waals surface area contributed by atoms with Crippen LogP contribution in [0, 0.1) is 5.82 Å². The fourth-order valence-corrected chi connectivity index (χ4v) is 4.10. The van der Waals surface area contributed by atoms with Crippen molar-refractivity contribution in [2.45, 2.75) is 12.7 Å². The summed E-state index contributed by atoms with van der Waals surface area (Å²) in [5.41, 5.74) is -0.485. The van der Waals surface area contributed by atoms with Gasteiger partial charge in [-0.2, -0.15) is 23.4 Å². The predicted molar refractivity (Wildman–Crippen MR) is 104 cm³/mol. The largest absolute Gasteiger partial charge is 0.435 e. The van der Waals surface area contributed by atoms with E-state index in [4.69, 9.17) is 11.6 Å². The third-order valence-electron chi connectivity index (χ3n) is 4.28. The third kappa shape index (κ3) is 3.77. The molecule has 0 aliphatic rings. The van der Waals surface area contributed by atoms with Crippen molar-refractivity contribution in [1.82, 2.24) is 19.6 Å². The maximum Gasteiger partial charge on any atom is 0.435 e. The van der Waals surface area contributed by atoms with Crippen molar-refractivity contribution in [3.8, 4) is 0 Å². The predicted octanol–water partition coefficient (Wildman–Crippen LogP) is 4.94. The lowest BCUT2D eigenvalue weighted by atomic mass is 10.2. The van der Waals surface area contributed by atoms with Gasteiger partial charge in [-0.15, -0.1) is 11.3 Å². The van der Waals surface area contributed by atoms with E-state index >= 15 is 0 Å². The second-order valence-corrected chi connectivity index (χ2v) is 7.82. The smallest absolute Gasteiger partial charge is 0.319 e. The van der Waals surface area contributed by atoms with E-state index in [9.17, 15) is 22.4 Å². The molecule has 0 saturated carbocycles. The first-order valence-corrected chi connectivity index (χ1v) is 9.63. The van der Waals surface area contributed by atoms with Crippen molar-refractivity contribution in [2.24, 2.45) is 7.05 Å². The Bertz CT molecular complexity index is 1240. The van der Waals surface area contributed by atoms with E-state index in [0.717, 1.165) is 22.1 Å². The molecule has 1 N–H and O–H groups in total. The molecule has 0 aliphatic heterocycles. The van der Waals surface area contributed by atoms with Gasteiger partial charge in [0.15, 0.2) is 5.69 Å². The Morgan fingerprint density at radius 1 is 1.33 bits per heavy atom. The number of nitrogens with one attached hydrogen (secondary N) is 1. The van der Waals surface area contributed by atoms with Crippen LogP contribution in [0.5, 0.6) is 0 Å². The van der Waals surface area contributed by atoms with E-state index in [0.29, 0.717) is 5.69 Å². The van der Waals surface area contributed by atoms with Crippen LogP contribution < -0.4 is 5.32 Å². The normalized spacial score (nSPS) is 11.9. The van der Waals surface area contributed by atoms with Gasteiger partial charge in [-0.1, -0.05) is 17.7 Å². The molecule has 12 heteroatoms. The summed E-state index contributed by atoms with van der Waals surface area (Å²) in [4.78, 5) is 12.8. The van der Waals surface area contributed by atoms with Crippen LogP contribution in [0.2, 0.25) is 5.02 Å². The maximum absolute atomic E-state index is 13.9. The van der Waals surface area contributed by atoms with E-state index in [1.54, 1.807) is 6.07 Å². The lowest BCUT2D eigenvalue weighted by Crippen LogP contribution is -2.10. The van der Waals surface area contributed by atoms with Crippen molar-refractivity contribution in [3.05, 3.63) is 63.6 Å². The molecule has 4 aromatic rings. The number of carbonyl (C=O) groups is 1. The summed E-state index contributed by atoms with van der Waals surface area (Å²) in [5.74, 6) is -1.07. The monoisotopic (exact) mass is 457 g/mol. The van der Waals surface area contributed by atoms with Gasteiger partial charge in [-0.25, -0.2) is 4.39 Å². The number of alkyl halides is 3. The Morgan fingerprint density at radius 2 is 2.10 bits per heavy atom. The number of amides is 1. The highest BCUT2D eigenvalue weighted by molar-refractivity contribution is 7.20. The minimum atomic E-state index is -4.62. The molecule has 4 rings (SSSR count). The van der Waals surface area contributed by atoms with E-state index in [1.807, 2.05) is 0 Å². The second-order valence-electron chi connectivity index (χ2n) is 6.38. The van der Waals surface area contributed by atoms with E-state index in [-0.39, 0.29) is 32.2 Å². The number of anilines is 1. The van der Waals surface area contributed by atoms with Crippen LogP contribution in [0.1, 0.15) is 20.9 Å². The lowest BCUT2D eigenvalue weighted by molar-refractivity contribution is -0.140. The highest BCUT2D eigenvalue weighted by Gasteiger charge is 2.37. The summed E-state index contributed by atoms with van der Waals surface area (Å²) in [7, 11) is 1.38. The van der Waals surface area contributed by atoms with Crippen LogP contribution >= 0.6 is 22.9 Å².